The van der Waals surface area contributed by atoms with Crippen LogP contribution >= 0.6 is 24.2 Å². The molecule has 26 heavy (non-hydrogen) atoms. The van der Waals surface area contributed by atoms with Crippen molar-refractivity contribution < 1.29 is 4.79 Å². The van der Waals surface area contributed by atoms with Crippen molar-refractivity contribution in [1.29, 1.82) is 0 Å². The molecule has 1 N–H and O–H groups in total. The van der Waals surface area contributed by atoms with E-state index in [9.17, 15) is 4.79 Å². The second kappa shape index (κ2) is 8.80. The number of anilines is 2. The molecule has 4 nitrogen and oxygen atoms in total. The SMILES string of the molecule is Cl.O=C(CCN1c2ccccc2Sc2ccccc21)N1CCCNCC1. The van der Waals surface area contributed by atoms with Gasteiger partial charge in [-0.25, -0.2) is 0 Å². The molecule has 6 heteroatoms. The number of nitrogens with one attached hydrogen (secondary N) is 1. The van der Waals surface area contributed by atoms with Gasteiger partial charge in [0.25, 0.3) is 0 Å². The average molecular weight is 390 g/mol. The molecule has 0 spiro atoms. The van der Waals surface area contributed by atoms with Crippen molar-refractivity contribution in [2.24, 2.45) is 0 Å². The lowest BCUT2D eigenvalue weighted by Crippen LogP contribution is -2.36. The highest BCUT2D eigenvalue weighted by Gasteiger charge is 2.24. The number of amides is 1. The first-order chi connectivity index (χ1) is 12.3. The van der Waals surface area contributed by atoms with Crippen LogP contribution in [0, 0.1) is 0 Å². The van der Waals surface area contributed by atoms with E-state index in [1.165, 1.54) is 21.2 Å². The summed E-state index contributed by atoms with van der Waals surface area (Å²) in [5.41, 5.74) is 2.41. The molecule has 0 saturated carbocycles. The molecule has 1 fully saturated rings. The van der Waals surface area contributed by atoms with Crippen LogP contribution in [0.3, 0.4) is 0 Å². The third-order valence-corrected chi connectivity index (χ3v) is 5.90. The summed E-state index contributed by atoms with van der Waals surface area (Å²) in [6.07, 6.45) is 1.59. The van der Waals surface area contributed by atoms with Gasteiger partial charge in [-0.15, -0.1) is 12.4 Å². The van der Waals surface area contributed by atoms with Crippen LogP contribution in [0.25, 0.3) is 0 Å². The topological polar surface area (TPSA) is 35.6 Å². The standard InChI is InChI=1S/C20H23N3OS.ClH/c24-20(22-13-5-11-21-12-15-22)10-14-23-16-6-1-3-8-18(16)25-19-9-4-2-7-17(19)23;/h1-4,6-9,21H,5,10-15H2;1H. The van der Waals surface area contributed by atoms with E-state index in [1.807, 2.05) is 4.90 Å². The minimum atomic E-state index is 0. The van der Waals surface area contributed by atoms with Gasteiger partial charge in [-0.2, -0.15) is 0 Å². The van der Waals surface area contributed by atoms with Gasteiger partial charge in [0, 0.05) is 42.4 Å². The van der Waals surface area contributed by atoms with Gasteiger partial charge >= 0.3 is 0 Å². The van der Waals surface area contributed by atoms with Crippen molar-refractivity contribution in [3.05, 3.63) is 48.5 Å². The van der Waals surface area contributed by atoms with Crippen molar-refractivity contribution in [3.63, 3.8) is 0 Å². The third kappa shape index (κ3) is 4.00. The summed E-state index contributed by atoms with van der Waals surface area (Å²) in [6, 6.07) is 16.9. The number of hydrogen-bond donors (Lipinski definition) is 1. The van der Waals surface area contributed by atoms with Gasteiger partial charge in [0.15, 0.2) is 0 Å². The zero-order valence-electron chi connectivity index (χ0n) is 14.7. The maximum atomic E-state index is 12.7. The Balaban J connectivity index is 0.00000196. The molecular formula is C20H24ClN3OS. The van der Waals surface area contributed by atoms with Gasteiger partial charge in [-0.1, -0.05) is 36.0 Å². The zero-order valence-corrected chi connectivity index (χ0v) is 16.3. The Morgan fingerprint density at radius 1 is 0.962 bits per heavy atom. The molecule has 2 aliphatic heterocycles. The molecule has 1 saturated heterocycles. The minimum Gasteiger partial charge on any atom is -0.341 e. The van der Waals surface area contributed by atoms with Crippen molar-refractivity contribution >= 4 is 41.5 Å². The van der Waals surface area contributed by atoms with E-state index in [-0.39, 0.29) is 18.3 Å². The molecule has 0 radical (unpaired) electrons. The molecule has 0 unspecified atom stereocenters. The summed E-state index contributed by atoms with van der Waals surface area (Å²) in [6.45, 7) is 4.32. The molecule has 2 aliphatic rings. The second-order valence-corrected chi connectivity index (χ2v) is 7.51. The Labute approximate surface area is 165 Å². The van der Waals surface area contributed by atoms with Crippen molar-refractivity contribution in [2.75, 3.05) is 37.6 Å². The lowest BCUT2D eigenvalue weighted by molar-refractivity contribution is -0.130. The number of para-hydroxylation sites is 2. The largest absolute Gasteiger partial charge is 0.341 e. The van der Waals surface area contributed by atoms with E-state index in [2.05, 4.69) is 58.7 Å². The highest BCUT2D eigenvalue weighted by atomic mass is 35.5. The first kappa shape index (κ1) is 19.1. The number of carbonyl (C=O) groups excluding carboxylic acids is 1. The number of carbonyl (C=O) groups is 1. The van der Waals surface area contributed by atoms with Gasteiger partial charge in [-0.3, -0.25) is 4.79 Å². The smallest absolute Gasteiger partial charge is 0.224 e. The van der Waals surface area contributed by atoms with Crippen molar-refractivity contribution in [3.8, 4) is 0 Å². The summed E-state index contributed by atoms with van der Waals surface area (Å²) in [5.74, 6) is 0.261. The third-order valence-electron chi connectivity index (χ3n) is 4.77. The van der Waals surface area contributed by atoms with E-state index in [1.54, 1.807) is 11.8 Å². The van der Waals surface area contributed by atoms with Crippen LogP contribution in [-0.4, -0.2) is 43.5 Å². The Morgan fingerprint density at radius 3 is 2.31 bits per heavy atom. The van der Waals surface area contributed by atoms with Crippen LogP contribution in [0.1, 0.15) is 12.8 Å². The van der Waals surface area contributed by atoms with E-state index < -0.39 is 0 Å². The highest BCUT2D eigenvalue weighted by Crippen LogP contribution is 2.47. The highest BCUT2D eigenvalue weighted by molar-refractivity contribution is 7.99. The summed E-state index contributed by atoms with van der Waals surface area (Å²) < 4.78 is 0. The van der Waals surface area contributed by atoms with E-state index in [0.29, 0.717) is 6.42 Å². The van der Waals surface area contributed by atoms with Crippen molar-refractivity contribution in [1.82, 2.24) is 10.2 Å². The number of rotatable bonds is 3. The van der Waals surface area contributed by atoms with Crippen LogP contribution < -0.4 is 10.2 Å². The summed E-state index contributed by atoms with van der Waals surface area (Å²) in [7, 11) is 0. The summed E-state index contributed by atoms with van der Waals surface area (Å²) >= 11 is 1.81. The molecule has 0 bridgehead atoms. The first-order valence-electron chi connectivity index (χ1n) is 8.95. The zero-order chi connectivity index (χ0) is 17.1. The fourth-order valence-corrected chi connectivity index (χ4v) is 4.58. The number of halogens is 1. The average Bonchev–Trinajstić information content (AvgIpc) is 2.94. The van der Waals surface area contributed by atoms with Crippen LogP contribution in [0.2, 0.25) is 0 Å². The van der Waals surface area contributed by atoms with Gasteiger partial charge in [0.05, 0.1) is 11.4 Å². The Kier molecular flexibility index (Phi) is 6.46. The predicted octanol–water partition coefficient (Wildman–Crippen LogP) is 3.92. The van der Waals surface area contributed by atoms with E-state index in [0.717, 1.165) is 39.1 Å². The van der Waals surface area contributed by atoms with Gasteiger partial charge in [-0.05, 0) is 37.2 Å². The fourth-order valence-electron chi connectivity index (χ4n) is 3.48. The minimum absolute atomic E-state index is 0. The predicted molar refractivity (Wildman–Crippen MR) is 110 cm³/mol. The Morgan fingerprint density at radius 2 is 1.62 bits per heavy atom. The summed E-state index contributed by atoms with van der Waals surface area (Å²) in [5, 5.41) is 3.36. The quantitative estimate of drug-likeness (QED) is 0.862. The number of benzene rings is 2. The van der Waals surface area contributed by atoms with Crippen molar-refractivity contribution in [2.45, 2.75) is 22.6 Å². The lowest BCUT2D eigenvalue weighted by atomic mass is 10.2. The van der Waals surface area contributed by atoms with Gasteiger partial charge in [0.1, 0.15) is 0 Å². The molecule has 2 aromatic rings. The van der Waals surface area contributed by atoms with Crippen LogP contribution in [-0.2, 0) is 4.79 Å². The molecule has 2 aromatic carbocycles. The molecule has 0 aromatic heterocycles. The fraction of sp³-hybridized carbons (Fsp3) is 0.350. The van der Waals surface area contributed by atoms with Crippen LogP contribution in [0.4, 0.5) is 11.4 Å². The number of fused-ring (bicyclic) bond motifs is 2. The molecule has 4 rings (SSSR count). The number of hydrogen-bond acceptors (Lipinski definition) is 4. The van der Waals surface area contributed by atoms with Gasteiger partial charge < -0.3 is 15.1 Å². The summed E-state index contributed by atoms with van der Waals surface area (Å²) in [4.78, 5) is 19.5. The molecule has 138 valence electrons. The second-order valence-electron chi connectivity index (χ2n) is 6.42. The maximum Gasteiger partial charge on any atom is 0.224 e. The Hall–Kier alpha value is -1.69. The molecular weight excluding hydrogens is 366 g/mol. The normalized spacial score (nSPS) is 16.2. The van der Waals surface area contributed by atoms with Gasteiger partial charge in [0.2, 0.25) is 5.91 Å². The Bertz CT molecular complexity index is 717. The molecule has 0 atom stereocenters. The number of nitrogens with zero attached hydrogens (tertiary/aromatic N) is 2. The van der Waals surface area contributed by atoms with E-state index >= 15 is 0 Å². The molecule has 0 aliphatic carbocycles. The first-order valence-corrected chi connectivity index (χ1v) is 9.76. The van der Waals surface area contributed by atoms with Crippen LogP contribution in [0.15, 0.2) is 58.3 Å². The van der Waals surface area contributed by atoms with E-state index in [4.69, 9.17) is 0 Å². The monoisotopic (exact) mass is 389 g/mol. The molecule has 1 amide bonds. The molecule has 2 heterocycles. The van der Waals surface area contributed by atoms with Crippen LogP contribution in [0.5, 0.6) is 0 Å². The maximum absolute atomic E-state index is 12.7. The lowest BCUT2D eigenvalue weighted by Gasteiger charge is -2.33.